The molecule has 6 nitrogen and oxygen atoms in total. The van der Waals surface area contributed by atoms with Crippen LogP contribution in [-0.2, 0) is 13.0 Å². The topological polar surface area (TPSA) is 71.3 Å². The smallest absolute Gasteiger partial charge is 0.317 e. The van der Waals surface area contributed by atoms with Gasteiger partial charge < -0.3 is 14.7 Å². The Kier molecular flexibility index (Phi) is 5.33. The van der Waals surface area contributed by atoms with Crippen molar-refractivity contribution >= 4 is 27.6 Å². The number of nitrogens with zero attached hydrogens (tertiary/aromatic N) is 3. The van der Waals surface area contributed by atoms with Crippen LogP contribution in [0.4, 0.5) is 4.79 Å². The molecule has 2 amide bonds. The summed E-state index contributed by atoms with van der Waals surface area (Å²) in [5.41, 5.74) is 2.84. The fraction of sp³-hybridized carbons (Fsp3) is 0.389. The molecule has 2 aromatic heterocycles. The summed E-state index contributed by atoms with van der Waals surface area (Å²) in [6.45, 7) is 4.86. The fourth-order valence-electron chi connectivity index (χ4n) is 2.63. The zero-order valence-corrected chi connectivity index (χ0v) is 15.5. The number of hydrogen-bond donors (Lipinski definition) is 1. The largest absolute Gasteiger partial charge is 0.361 e. The zero-order chi connectivity index (χ0) is 17.8. The van der Waals surface area contributed by atoms with Crippen molar-refractivity contribution in [1.29, 1.82) is 0 Å². The van der Waals surface area contributed by atoms with E-state index in [1.54, 1.807) is 23.3 Å². The highest BCUT2D eigenvalue weighted by Crippen LogP contribution is 2.22. The van der Waals surface area contributed by atoms with E-state index in [0.29, 0.717) is 13.1 Å². The highest BCUT2D eigenvalue weighted by molar-refractivity contribution is 7.18. The number of para-hydroxylation sites is 1. The van der Waals surface area contributed by atoms with Gasteiger partial charge in [0.2, 0.25) is 0 Å². The van der Waals surface area contributed by atoms with Gasteiger partial charge in [0.05, 0.1) is 27.5 Å². The molecule has 0 saturated carbocycles. The lowest BCUT2D eigenvalue weighted by molar-refractivity contribution is 0.206. The predicted molar refractivity (Wildman–Crippen MR) is 98.8 cm³/mol. The van der Waals surface area contributed by atoms with Crippen LogP contribution in [0.1, 0.15) is 28.4 Å². The lowest BCUT2D eigenvalue weighted by atomic mass is 10.2. The van der Waals surface area contributed by atoms with Gasteiger partial charge in [0.15, 0.2) is 0 Å². The average Bonchev–Trinajstić information content (AvgIpc) is 3.16. The number of carbonyl (C=O) groups excluding carboxylic acids is 1. The highest BCUT2D eigenvalue weighted by Gasteiger charge is 2.15. The van der Waals surface area contributed by atoms with Crippen LogP contribution >= 0.6 is 11.3 Å². The number of urea groups is 1. The normalized spacial score (nSPS) is 11.0. The maximum Gasteiger partial charge on any atom is 0.317 e. The van der Waals surface area contributed by atoms with Gasteiger partial charge >= 0.3 is 6.03 Å². The van der Waals surface area contributed by atoms with Crippen LogP contribution < -0.4 is 5.32 Å². The van der Waals surface area contributed by atoms with Crippen molar-refractivity contribution in [2.75, 3.05) is 13.6 Å². The molecule has 3 aromatic rings. The Hall–Kier alpha value is -2.41. The molecule has 3 rings (SSSR count). The third-order valence-electron chi connectivity index (χ3n) is 4.11. The van der Waals surface area contributed by atoms with Crippen LogP contribution in [0.2, 0.25) is 0 Å². The van der Waals surface area contributed by atoms with E-state index in [0.717, 1.165) is 40.4 Å². The molecule has 2 heterocycles. The van der Waals surface area contributed by atoms with E-state index in [1.807, 2.05) is 32.0 Å². The second kappa shape index (κ2) is 7.65. The van der Waals surface area contributed by atoms with Crippen molar-refractivity contribution in [3.05, 3.63) is 46.3 Å². The second-order valence-corrected chi connectivity index (χ2v) is 7.18. The fourth-order valence-corrected chi connectivity index (χ4v) is 3.64. The number of benzene rings is 1. The minimum Gasteiger partial charge on any atom is -0.361 e. The van der Waals surface area contributed by atoms with Crippen LogP contribution in [0, 0.1) is 13.8 Å². The first-order valence-corrected chi connectivity index (χ1v) is 9.11. The Morgan fingerprint density at radius 1 is 1.32 bits per heavy atom. The Morgan fingerprint density at radius 2 is 2.12 bits per heavy atom. The lowest BCUT2D eigenvalue weighted by Crippen LogP contribution is -2.37. The molecule has 25 heavy (non-hydrogen) atoms. The van der Waals surface area contributed by atoms with Gasteiger partial charge in [-0.25, -0.2) is 9.78 Å². The van der Waals surface area contributed by atoms with E-state index in [1.165, 1.54) is 4.70 Å². The number of fused-ring (bicyclic) bond motifs is 1. The SMILES string of the molecule is Cc1noc(C)c1CN(C)C(=O)NCCCc1nc2ccccc2s1. The summed E-state index contributed by atoms with van der Waals surface area (Å²) < 4.78 is 6.34. The van der Waals surface area contributed by atoms with E-state index in [4.69, 9.17) is 4.52 Å². The van der Waals surface area contributed by atoms with Gasteiger partial charge in [-0.3, -0.25) is 0 Å². The van der Waals surface area contributed by atoms with Crippen LogP contribution in [0.15, 0.2) is 28.8 Å². The number of aromatic nitrogens is 2. The van der Waals surface area contributed by atoms with Gasteiger partial charge in [-0.05, 0) is 32.4 Å². The molecule has 0 aliphatic carbocycles. The molecular formula is C18H22N4O2S. The first-order chi connectivity index (χ1) is 12.0. The molecule has 1 aromatic carbocycles. The number of amides is 2. The molecule has 0 bridgehead atoms. The second-order valence-electron chi connectivity index (χ2n) is 6.07. The van der Waals surface area contributed by atoms with E-state index in [9.17, 15) is 4.79 Å². The molecule has 0 spiro atoms. The molecule has 0 unspecified atom stereocenters. The van der Waals surface area contributed by atoms with Gasteiger partial charge in [0.1, 0.15) is 5.76 Å². The maximum absolute atomic E-state index is 12.2. The van der Waals surface area contributed by atoms with Gasteiger partial charge in [-0.15, -0.1) is 11.3 Å². The number of nitrogens with one attached hydrogen (secondary N) is 1. The van der Waals surface area contributed by atoms with Gasteiger partial charge in [-0.1, -0.05) is 17.3 Å². The van der Waals surface area contributed by atoms with Crippen molar-refractivity contribution in [1.82, 2.24) is 20.4 Å². The molecule has 0 fully saturated rings. The van der Waals surface area contributed by atoms with Gasteiger partial charge in [0, 0.05) is 25.6 Å². The van der Waals surface area contributed by atoms with Crippen molar-refractivity contribution in [3.8, 4) is 0 Å². The molecule has 1 N–H and O–H groups in total. The standard InChI is InChI=1S/C18H22N4O2S/c1-12-14(13(2)24-21-12)11-22(3)18(23)19-10-6-9-17-20-15-7-4-5-8-16(15)25-17/h4-5,7-8H,6,9-11H2,1-3H3,(H,19,23). The van der Waals surface area contributed by atoms with Crippen LogP contribution in [-0.4, -0.2) is 34.7 Å². The van der Waals surface area contributed by atoms with Crippen LogP contribution in [0.5, 0.6) is 0 Å². The molecule has 0 atom stereocenters. The van der Waals surface area contributed by atoms with Crippen molar-refractivity contribution in [2.24, 2.45) is 0 Å². The Bertz CT molecular complexity index is 818. The van der Waals surface area contributed by atoms with Crippen molar-refractivity contribution in [3.63, 3.8) is 0 Å². The molecule has 0 aliphatic heterocycles. The quantitative estimate of drug-likeness (QED) is 0.683. The molecule has 7 heteroatoms. The summed E-state index contributed by atoms with van der Waals surface area (Å²) in [6.07, 6.45) is 1.73. The number of rotatable bonds is 6. The number of aryl methyl sites for hydroxylation is 3. The first kappa shape index (κ1) is 17.4. The number of thiazole rings is 1. The van der Waals surface area contributed by atoms with E-state index in [2.05, 4.69) is 21.5 Å². The predicted octanol–water partition coefficient (Wildman–Crippen LogP) is 3.68. The molecule has 0 saturated heterocycles. The molecule has 0 aliphatic rings. The van der Waals surface area contributed by atoms with Crippen LogP contribution in [0.25, 0.3) is 10.2 Å². The third kappa shape index (κ3) is 4.17. The van der Waals surface area contributed by atoms with E-state index < -0.39 is 0 Å². The zero-order valence-electron chi connectivity index (χ0n) is 14.7. The summed E-state index contributed by atoms with van der Waals surface area (Å²) in [4.78, 5) is 18.4. The maximum atomic E-state index is 12.2. The average molecular weight is 358 g/mol. The summed E-state index contributed by atoms with van der Waals surface area (Å²) in [6, 6.07) is 8.05. The molecular weight excluding hydrogens is 336 g/mol. The summed E-state index contributed by atoms with van der Waals surface area (Å²) in [5.74, 6) is 0.757. The van der Waals surface area contributed by atoms with E-state index >= 15 is 0 Å². The highest BCUT2D eigenvalue weighted by atomic mass is 32.1. The summed E-state index contributed by atoms with van der Waals surface area (Å²) >= 11 is 1.72. The van der Waals surface area contributed by atoms with Gasteiger partial charge in [-0.2, -0.15) is 0 Å². The molecule has 0 radical (unpaired) electrons. The lowest BCUT2D eigenvalue weighted by Gasteiger charge is -2.17. The van der Waals surface area contributed by atoms with Crippen LogP contribution in [0.3, 0.4) is 0 Å². The van der Waals surface area contributed by atoms with Crippen molar-refractivity contribution in [2.45, 2.75) is 33.2 Å². The Balaban J connectivity index is 1.44. The molecule has 132 valence electrons. The minimum atomic E-state index is -0.0932. The van der Waals surface area contributed by atoms with Crippen molar-refractivity contribution < 1.29 is 9.32 Å². The summed E-state index contributed by atoms with van der Waals surface area (Å²) in [5, 5.41) is 7.98. The minimum absolute atomic E-state index is 0.0932. The third-order valence-corrected chi connectivity index (χ3v) is 5.20. The Labute approximate surface area is 150 Å². The number of carbonyl (C=O) groups is 1. The van der Waals surface area contributed by atoms with E-state index in [-0.39, 0.29) is 6.03 Å². The number of hydrogen-bond acceptors (Lipinski definition) is 5. The summed E-state index contributed by atoms with van der Waals surface area (Å²) in [7, 11) is 1.77. The Morgan fingerprint density at radius 3 is 2.84 bits per heavy atom. The first-order valence-electron chi connectivity index (χ1n) is 8.29. The monoisotopic (exact) mass is 358 g/mol. The van der Waals surface area contributed by atoms with Gasteiger partial charge in [0.25, 0.3) is 0 Å².